The zero-order chi connectivity index (χ0) is 26.0. The van der Waals surface area contributed by atoms with Gasteiger partial charge in [-0.2, -0.15) is 0 Å². The van der Waals surface area contributed by atoms with Crippen LogP contribution >= 0.6 is 0 Å². The van der Waals surface area contributed by atoms with E-state index in [2.05, 4.69) is 10.6 Å². The number of furan rings is 1. The van der Waals surface area contributed by atoms with Gasteiger partial charge in [0.05, 0.1) is 18.5 Å². The van der Waals surface area contributed by atoms with Crippen LogP contribution in [0, 0.1) is 6.92 Å². The second kappa shape index (κ2) is 9.79. The number of benzene rings is 3. The molecule has 3 aromatic carbocycles. The summed E-state index contributed by atoms with van der Waals surface area (Å²) in [5, 5.41) is 5.62. The van der Waals surface area contributed by atoms with Gasteiger partial charge in [-0.25, -0.2) is 8.42 Å². The zero-order valence-electron chi connectivity index (χ0n) is 19.8. The van der Waals surface area contributed by atoms with Gasteiger partial charge < -0.3 is 15.1 Å². The van der Waals surface area contributed by atoms with Gasteiger partial charge >= 0.3 is 0 Å². The molecule has 5 rings (SSSR count). The van der Waals surface area contributed by atoms with Crippen molar-refractivity contribution >= 4 is 38.8 Å². The number of hydrogen-bond acceptors (Lipinski definition) is 6. The van der Waals surface area contributed by atoms with Crippen molar-refractivity contribution in [1.29, 1.82) is 0 Å². The summed E-state index contributed by atoms with van der Waals surface area (Å²) in [5.41, 5.74) is 3.60. The number of amides is 1. The van der Waals surface area contributed by atoms with Crippen LogP contribution in [-0.2, 0) is 16.6 Å². The van der Waals surface area contributed by atoms with Crippen molar-refractivity contribution in [2.45, 2.75) is 13.5 Å². The Morgan fingerprint density at radius 2 is 1.62 bits per heavy atom. The van der Waals surface area contributed by atoms with Crippen LogP contribution in [0.3, 0.4) is 0 Å². The summed E-state index contributed by atoms with van der Waals surface area (Å²) in [4.78, 5) is 25.0. The molecule has 4 aromatic rings. The van der Waals surface area contributed by atoms with Crippen molar-refractivity contribution in [2.24, 2.45) is 0 Å². The molecule has 1 aliphatic rings. The van der Waals surface area contributed by atoms with Crippen LogP contribution in [0.2, 0.25) is 0 Å². The van der Waals surface area contributed by atoms with Crippen LogP contribution in [0.1, 0.15) is 32.0 Å². The van der Waals surface area contributed by atoms with Crippen LogP contribution < -0.4 is 14.9 Å². The number of hydrogen-bond donors (Lipinski definition) is 2. The minimum absolute atomic E-state index is 0.0916. The SMILES string of the molecule is Cc1ccc(CN2c3ccccc3C(=O)/C(=C\Nc3ccc(NC(=O)c4ccco4)cc3)S2(=O)=O)cc1. The second-order valence-electron chi connectivity index (χ2n) is 8.51. The molecule has 0 aliphatic carbocycles. The number of carbonyl (C=O) groups is 2. The summed E-state index contributed by atoms with van der Waals surface area (Å²) in [6.45, 7) is 2.05. The van der Waals surface area contributed by atoms with Gasteiger partial charge in [0.2, 0.25) is 5.78 Å². The topological polar surface area (TPSA) is 109 Å². The lowest BCUT2D eigenvalue weighted by molar-refractivity contribution is 0.0995. The molecule has 0 saturated carbocycles. The van der Waals surface area contributed by atoms with E-state index < -0.39 is 15.8 Å². The van der Waals surface area contributed by atoms with Gasteiger partial charge in [-0.1, -0.05) is 42.0 Å². The molecule has 1 aliphatic heterocycles. The largest absolute Gasteiger partial charge is 0.459 e. The fraction of sp³-hybridized carbons (Fsp3) is 0.0714. The van der Waals surface area contributed by atoms with Gasteiger partial charge in [0.25, 0.3) is 15.9 Å². The maximum atomic E-state index is 13.6. The summed E-state index contributed by atoms with van der Waals surface area (Å²) < 4.78 is 33.6. The molecule has 8 nitrogen and oxygen atoms in total. The number of anilines is 3. The maximum absolute atomic E-state index is 13.6. The molecule has 0 spiro atoms. The van der Waals surface area contributed by atoms with E-state index in [1.807, 2.05) is 31.2 Å². The quantitative estimate of drug-likeness (QED) is 0.338. The van der Waals surface area contributed by atoms with Crippen LogP contribution in [0.25, 0.3) is 0 Å². The Morgan fingerprint density at radius 1 is 0.919 bits per heavy atom. The molecule has 0 unspecified atom stereocenters. The molecule has 1 amide bonds. The second-order valence-corrected chi connectivity index (χ2v) is 10.3. The monoisotopic (exact) mass is 513 g/mol. The molecule has 9 heteroatoms. The van der Waals surface area contributed by atoms with E-state index in [1.165, 1.54) is 16.8 Å². The highest BCUT2D eigenvalue weighted by Crippen LogP contribution is 2.36. The van der Waals surface area contributed by atoms with Gasteiger partial charge in [0.15, 0.2) is 10.7 Å². The molecular weight excluding hydrogens is 490 g/mol. The Labute approximate surface area is 214 Å². The lowest BCUT2D eigenvalue weighted by atomic mass is 10.1. The summed E-state index contributed by atoms with van der Waals surface area (Å²) >= 11 is 0. The standard InChI is InChI=1S/C28H23N3O5S/c1-19-8-10-20(11-9-19)18-31-24-6-3-2-5-23(24)27(32)26(37(31,34)35)17-29-21-12-14-22(15-13-21)30-28(33)25-7-4-16-36-25/h2-17,29H,18H2,1H3,(H,30,33)/b26-17+. The zero-order valence-corrected chi connectivity index (χ0v) is 20.7. The Kier molecular flexibility index (Phi) is 6.37. The van der Waals surface area contributed by atoms with Crippen molar-refractivity contribution in [2.75, 3.05) is 14.9 Å². The summed E-state index contributed by atoms with van der Waals surface area (Å²) in [6, 6.07) is 24.1. The average Bonchev–Trinajstić information content (AvgIpc) is 3.44. The summed E-state index contributed by atoms with van der Waals surface area (Å²) in [7, 11) is -4.14. The first-order valence-corrected chi connectivity index (χ1v) is 12.9. The highest BCUT2D eigenvalue weighted by Gasteiger charge is 2.40. The van der Waals surface area contributed by atoms with Crippen molar-refractivity contribution in [1.82, 2.24) is 0 Å². The van der Waals surface area contributed by atoms with Crippen LogP contribution in [0.5, 0.6) is 0 Å². The third-order valence-electron chi connectivity index (χ3n) is 5.91. The molecule has 0 bridgehead atoms. The third-order valence-corrected chi connectivity index (χ3v) is 7.68. The molecule has 0 radical (unpaired) electrons. The Hall–Kier alpha value is -4.63. The van der Waals surface area contributed by atoms with Crippen molar-refractivity contribution in [3.63, 3.8) is 0 Å². The molecule has 0 fully saturated rings. The number of nitrogens with zero attached hydrogens (tertiary/aromatic N) is 1. The first-order chi connectivity index (χ1) is 17.8. The van der Waals surface area contributed by atoms with Crippen molar-refractivity contribution < 1.29 is 22.4 Å². The lowest BCUT2D eigenvalue weighted by Crippen LogP contribution is -2.39. The Balaban J connectivity index is 1.40. The molecule has 1 aromatic heterocycles. The number of carbonyl (C=O) groups excluding carboxylic acids is 2. The van der Waals surface area contributed by atoms with E-state index >= 15 is 0 Å². The highest BCUT2D eigenvalue weighted by molar-refractivity contribution is 7.97. The number of Topliss-reactive ketones (excluding diaryl/α,β-unsaturated/α-hetero) is 1. The number of rotatable bonds is 6. The predicted molar refractivity (Wildman–Crippen MR) is 142 cm³/mol. The smallest absolute Gasteiger partial charge is 0.291 e. The van der Waals surface area contributed by atoms with E-state index in [0.29, 0.717) is 22.6 Å². The van der Waals surface area contributed by atoms with E-state index in [0.717, 1.165) is 11.1 Å². The van der Waals surface area contributed by atoms with Gasteiger partial charge in [0.1, 0.15) is 0 Å². The van der Waals surface area contributed by atoms with E-state index in [4.69, 9.17) is 4.42 Å². The van der Waals surface area contributed by atoms with Crippen molar-refractivity contribution in [3.05, 3.63) is 125 Å². The van der Waals surface area contributed by atoms with E-state index in [1.54, 1.807) is 60.7 Å². The molecule has 2 heterocycles. The fourth-order valence-corrected chi connectivity index (χ4v) is 5.48. The molecule has 0 saturated heterocycles. The van der Waals surface area contributed by atoms with E-state index in [-0.39, 0.29) is 23.1 Å². The number of sulfonamides is 1. The van der Waals surface area contributed by atoms with E-state index in [9.17, 15) is 18.0 Å². The minimum Gasteiger partial charge on any atom is -0.459 e. The number of ketones is 1. The van der Waals surface area contributed by atoms with Gasteiger partial charge in [-0.05, 0) is 61.0 Å². The normalized spacial score (nSPS) is 15.3. The van der Waals surface area contributed by atoms with Gasteiger partial charge in [-0.3, -0.25) is 13.9 Å². The molecule has 0 atom stereocenters. The number of nitrogens with one attached hydrogen (secondary N) is 2. The molecule has 186 valence electrons. The van der Waals surface area contributed by atoms with Gasteiger partial charge in [-0.15, -0.1) is 0 Å². The fourth-order valence-electron chi connectivity index (χ4n) is 3.95. The number of fused-ring (bicyclic) bond motifs is 1. The molecule has 2 N–H and O–H groups in total. The van der Waals surface area contributed by atoms with Crippen LogP contribution in [-0.4, -0.2) is 20.1 Å². The number of aryl methyl sites for hydroxylation is 1. The van der Waals surface area contributed by atoms with Crippen LogP contribution in [0.15, 0.2) is 107 Å². The Morgan fingerprint density at radius 3 is 2.32 bits per heavy atom. The first kappa shape index (κ1) is 24.1. The predicted octanol–water partition coefficient (Wildman–Crippen LogP) is 5.33. The maximum Gasteiger partial charge on any atom is 0.291 e. The number of allylic oxidation sites excluding steroid dienone is 1. The summed E-state index contributed by atoms with van der Waals surface area (Å²) in [5.74, 6) is -0.784. The first-order valence-electron chi connectivity index (χ1n) is 11.5. The summed E-state index contributed by atoms with van der Waals surface area (Å²) in [6.07, 6.45) is 2.63. The molecular formula is C28H23N3O5S. The van der Waals surface area contributed by atoms with Gasteiger partial charge in [0, 0.05) is 23.1 Å². The lowest BCUT2D eigenvalue weighted by Gasteiger charge is -2.31. The molecule has 37 heavy (non-hydrogen) atoms. The average molecular weight is 514 g/mol. The third kappa shape index (κ3) is 4.89. The Bertz CT molecular complexity index is 1590. The minimum atomic E-state index is -4.14. The highest BCUT2D eigenvalue weighted by atomic mass is 32.2. The number of para-hydroxylation sites is 1. The van der Waals surface area contributed by atoms with Crippen LogP contribution in [0.4, 0.5) is 17.1 Å². The van der Waals surface area contributed by atoms with Crippen molar-refractivity contribution in [3.8, 4) is 0 Å².